The third-order valence-corrected chi connectivity index (χ3v) is 3.06. The van der Waals surface area contributed by atoms with Crippen LogP contribution in [0.5, 0.6) is 0 Å². The highest BCUT2D eigenvalue weighted by atomic mass is 16.1. The lowest BCUT2D eigenvalue weighted by molar-refractivity contribution is -0.112. The fourth-order valence-corrected chi connectivity index (χ4v) is 2.03. The quantitative estimate of drug-likeness (QED) is 0.768. The molecule has 1 aliphatic carbocycles. The van der Waals surface area contributed by atoms with E-state index in [2.05, 4.69) is 39.0 Å². The van der Waals surface area contributed by atoms with Crippen LogP contribution in [-0.2, 0) is 16.6 Å². The molecule has 1 amide bonds. The molecule has 84 valence electrons. The second-order valence-electron chi connectivity index (χ2n) is 5.31. The van der Waals surface area contributed by atoms with Crippen molar-refractivity contribution in [2.24, 2.45) is 5.73 Å². The second-order valence-corrected chi connectivity index (χ2v) is 5.31. The molecule has 2 N–H and O–H groups in total. The number of hydrogen-bond donors (Lipinski definition) is 1. The van der Waals surface area contributed by atoms with Crippen LogP contribution in [0.3, 0.4) is 0 Å². The van der Waals surface area contributed by atoms with Gasteiger partial charge in [0.05, 0.1) is 0 Å². The number of rotatable bonds is 1. The number of carbonyl (C=O) groups excluding carboxylic acids is 1. The van der Waals surface area contributed by atoms with Crippen molar-refractivity contribution >= 4 is 11.5 Å². The summed E-state index contributed by atoms with van der Waals surface area (Å²) in [5.41, 5.74) is 9.58. The molecule has 0 saturated carbocycles. The molecule has 0 radical (unpaired) electrons. The monoisotopic (exact) mass is 215 g/mol. The summed E-state index contributed by atoms with van der Waals surface area (Å²) >= 11 is 0. The van der Waals surface area contributed by atoms with Crippen molar-refractivity contribution in [3.63, 3.8) is 0 Å². The molecule has 1 aromatic carbocycles. The predicted molar refractivity (Wildman–Crippen MR) is 66.0 cm³/mol. The highest BCUT2D eigenvalue weighted by Crippen LogP contribution is 2.32. The number of primary amides is 1. The lowest BCUT2D eigenvalue weighted by Crippen LogP contribution is -2.14. The van der Waals surface area contributed by atoms with Gasteiger partial charge in [-0.05, 0) is 28.5 Å². The molecule has 0 aromatic heterocycles. The smallest absolute Gasteiger partial charge is 0.249 e. The van der Waals surface area contributed by atoms with Crippen LogP contribution in [-0.4, -0.2) is 5.91 Å². The Balaban J connectivity index is 2.51. The molecule has 0 fully saturated rings. The number of benzene rings is 1. The Hall–Kier alpha value is -1.57. The van der Waals surface area contributed by atoms with Crippen LogP contribution in [0.4, 0.5) is 0 Å². The van der Waals surface area contributed by atoms with E-state index < -0.39 is 0 Å². The number of carbonyl (C=O) groups is 1. The van der Waals surface area contributed by atoms with Crippen molar-refractivity contribution in [3.8, 4) is 0 Å². The number of allylic oxidation sites excluding steroid dienone is 1. The molecule has 0 spiro atoms. The number of nitrogens with two attached hydrogens (primary N) is 1. The van der Waals surface area contributed by atoms with Gasteiger partial charge in [-0.15, -0.1) is 0 Å². The maximum atomic E-state index is 11.3. The molecule has 2 rings (SSSR count). The number of fused-ring (bicyclic) bond motifs is 1. The minimum atomic E-state index is -0.329. The van der Waals surface area contributed by atoms with E-state index in [1.54, 1.807) is 0 Å². The molecular weight excluding hydrogens is 198 g/mol. The van der Waals surface area contributed by atoms with Gasteiger partial charge in [0.15, 0.2) is 0 Å². The van der Waals surface area contributed by atoms with Crippen molar-refractivity contribution < 1.29 is 4.79 Å². The first-order chi connectivity index (χ1) is 7.39. The van der Waals surface area contributed by atoms with Gasteiger partial charge in [0.25, 0.3) is 0 Å². The van der Waals surface area contributed by atoms with Crippen LogP contribution in [0.25, 0.3) is 5.57 Å². The first kappa shape index (κ1) is 10.9. The topological polar surface area (TPSA) is 43.1 Å². The van der Waals surface area contributed by atoms with Crippen molar-refractivity contribution in [2.75, 3.05) is 0 Å². The summed E-state index contributed by atoms with van der Waals surface area (Å²) in [6.45, 7) is 6.49. The maximum Gasteiger partial charge on any atom is 0.249 e. The summed E-state index contributed by atoms with van der Waals surface area (Å²) in [6.07, 6.45) is 2.73. The number of hydrogen-bond acceptors (Lipinski definition) is 1. The molecule has 0 heterocycles. The average molecular weight is 215 g/mol. The molecule has 0 saturated heterocycles. The third-order valence-electron chi connectivity index (χ3n) is 3.06. The lowest BCUT2D eigenvalue weighted by Gasteiger charge is -2.20. The minimum Gasteiger partial charge on any atom is -0.366 e. The van der Waals surface area contributed by atoms with E-state index in [-0.39, 0.29) is 11.3 Å². The summed E-state index contributed by atoms with van der Waals surface area (Å²) in [5, 5.41) is 0. The Labute approximate surface area is 96.2 Å². The van der Waals surface area contributed by atoms with Gasteiger partial charge < -0.3 is 5.73 Å². The Morgan fingerprint density at radius 1 is 1.31 bits per heavy atom. The predicted octanol–water partition coefficient (Wildman–Crippen LogP) is 2.41. The molecule has 0 atom stereocenters. The highest BCUT2D eigenvalue weighted by Gasteiger charge is 2.21. The first-order valence-corrected chi connectivity index (χ1v) is 5.53. The summed E-state index contributed by atoms with van der Waals surface area (Å²) in [5.74, 6) is -0.329. The zero-order valence-corrected chi connectivity index (χ0v) is 10.0. The largest absolute Gasteiger partial charge is 0.366 e. The zero-order valence-electron chi connectivity index (χ0n) is 10.0. The molecule has 0 unspecified atom stereocenters. The Morgan fingerprint density at radius 2 is 2.00 bits per heavy atom. The molecule has 1 aromatic rings. The average Bonchev–Trinajstić information content (AvgIpc) is 2.58. The number of amides is 1. The van der Waals surface area contributed by atoms with Crippen LogP contribution in [0.2, 0.25) is 0 Å². The van der Waals surface area contributed by atoms with Crippen LogP contribution in [0, 0.1) is 0 Å². The first-order valence-electron chi connectivity index (χ1n) is 5.53. The lowest BCUT2D eigenvalue weighted by atomic mass is 9.85. The SMILES string of the molecule is CC(C)(C)c1ccc2c(c1)C(C(N)=O)=CC2. The zero-order chi connectivity index (χ0) is 11.9. The standard InChI is InChI=1S/C14H17NO/c1-14(2,3)10-6-4-9-5-7-11(13(15)16)12(9)8-10/h4,6-8H,5H2,1-3H3,(H2,15,16). The van der Waals surface area contributed by atoms with E-state index in [1.807, 2.05) is 6.08 Å². The van der Waals surface area contributed by atoms with Crippen LogP contribution in [0.15, 0.2) is 24.3 Å². The Bertz CT molecular complexity index is 478. The highest BCUT2D eigenvalue weighted by molar-refractivity contribution is 6.20. The van der Waals surface area contributed by atoms with Gasteiger partial charge in [-0.25, -0.2) is 0 Å². The van der Waals surface area contributed by atoms with Gasteiger partial charge in [-0.2, -0.15) is 0 Å². The summed E-state index contributed by atoms with van der Waals surface area (Å²) < 4.78 is 0. The van der Waals surface area contributed by atoms with Crippen molar-refractivity contribution in [1.82, 2.24) is 0 Å². The molecule has 16 heavy (non-hydrogen) atoms. The maximum absolute atomic E-state index is 11.3. The van der Waals surface area contributed by atoms with Crippen LogP contribution < -0.4 is 5.73 Å². The third kappa shape index (κ3) is 1.75. The van der Waals surface area contributed by atoms with Crippen molar-refractivity contribution in [3.05, 3.63) is 41.0 Å². The van der Waals surface area contributed by atoms with Crippen molar-refractivity contribution in [1.29, 1.82) is 0 Å². The molecule has 0 aliphatic heterocycles. The van der Waals surface area contributed by atoms with Gasteiger partial charge in [0.1, 0.15) is 0 Å². The van der Waals surface area contributed by atoms with E-state index >= 15 is 0 Å². The molecule has 2 heteroatoms. The molecule has 0 bridgehead atoms. The van der Waals surface area contributed by atoms with Gasteiger partial charge in [-0.1, -0.05) is 45.0 Å². The van der Waals surface area contributed by atoms with Gasteiger partial charge >= 0.3 is 0 Å². The van der Waals surface area contributed by atoms with Gasteiger partial charge in [-0.3, -0.25) is 4.79 Å². The summed E-state index contributed by atoms with van der Waals surface area (Å²) in [6, 6.07) is 6.33. The van der Waals surface area contributed by atoms with Gasteiger partial charge in [0, 0.05) is 5.57 Å². The Morgan fingerprint density at radius 3 is 2.56 bits per heavy atom. The fraction of sp³-hybridized carbons (Fsp3) is 0.357. The summed E-state index contributed by atoms with van der Waals surface area (Å²) in [7, 11) is 0. The van der Waals surface area contributed by atoms with E-state index in [9.17, 15) is 4.79 Å². The Kier molecular flexibility index (Phi) is 2.38. The molecule has 2 nitrogen and oxygen atoms in total. The summed E-state index contributed by atoms with van der Waals surface area (Å²) in [4.78, 5) is 11.3. The fourth-order valence-electron chi connectivity index (χ4n) is 2.03. The normalized spacial score (nSPS) is 14.6. The van der Waals surface area contributed by atoms with E-state index in [1.165, 1.54) is 11.1 Å². The van der Waals surface area contributed by atoms with Gasteiger partial charge in [0.2, 0.25) is 5.91 Å². The van der Waals surface area contributed by atoms with E-state index in [4.69, 9.17) is 5.73 Å². The minimum absolute atomic E-state index is 0.0976. The van der Waals surface area contributed by atoms with E-state index in [0.717, 1.165) is 12.0 Å². The van der Waals surface area contributed by atoms with Crippen LogP contribution >= 0.6 is 0 Å². The second kappa shape index (κ2) is 3.48. The molecular formula is C14H17NO. The van der Waals surface area contributed by atoms with Crippen molar-refractivity contribution in [2.45, 2.75) is 32.6 Å². The van der Waals surface area contributed by atoms with Crippen LogP contribution in [0.1, 0.15) is 37.5 Å². The molecule has 1 aliphatic rings. The van der Waals surface area contributed by atoms with E-state index in [0.29, 0.717) is 5.57 Å².